The van der Waals surface area contributed by atoms with Gasteiger partial charge in [0.2, 0.25) is 0 Å². The zero-order chi connectivity index (χ0) is 73.3. The molecule has 0 atom stereocenters. The third kappa shape index (κ3) is 12.6. The van der Waals surface area contributed by atoms with E-state index in [4.69, 9.17) is 14.1 Å². The van der Waals surface area contributed by atoms with Crippen molar-refractivity contribution in [3.8, 4) is 73.2 Å². The van der Waals surface area contributed by atoms with E-state index in [9.17, 15) is 0 Å². The number of aryl methyl sites for hydroxylation is 1. The Hall–Kier alpha value is -11.9. The summed E-state index contributed by atoms with van der Waals surface area (Å²) in [5.41, 5.74) is 23.1. The minimum Gasteiger partial charge on any atom is -0.319 e. The fraction of sp³-hybridized carbons (Fsp3) is 0.0722. The van der Waals surface area contributed by atoms with Gasteiger partial charge in [0, 0.05) is 112 Å². The van der Waals surface area contributed by atoms with Gasteiger partial charge in [-0.3, -0.25) is 0 Å². The van der Waals surface area contributed by atoms with Crippen molar-refractivity contribution in [3.05, 3.63) is 393 Å². The summed E-state index contributed by atoms with van der Waals surface area (Å²) in [6.45, 7) is 6.59. The average Bonchev–Trinajstić information content (AvgIpc) is 1.59. The first kappa shape index (κ1) is 65.8. The van der Waals surface area contributed by atoms with Gasteiger partial charge in [-0.15, -0.1) is 46.2 Å². The second-order valence-corrected chi connectivity index (χ2v) is 27.8. The number of hydrogen-bond donors (Lipinski definition) is 0. The van der Waals surface area contributed by atoms with E-state index < -0.39 is 17.8 Å². The van der Waals surface area contributed by atoms with Crippen LogP contribution >= 0.6 is 0 Å². The zero-order valence-corrected chi connectivity index (χ0v) is 63.7. The molecule has 6 heterocycles. The van der Waals surface area contributed by atoms with Crippen LogP contribution in [0.4, 0.5) is 0 Å². The van der Waals surface area contributed by atoms with Crippen molar-refractivity contribution in [2.24, 2.45) is 6.98 Å². The Morgan fingerprint density at radius 1 is 0.308 bits per heavy atom. The van der Waals surface area contributed by atoms with Crippen molar-refractivity contribution in [1.29, 1.82) is 0 Å². The molecule has 19 rings (SSSR count). The average molecular weight is 1740 g/mol. The monoisotopic (exact) mass is 1740 g/mol. The van der Waals surface area contributed by atoms with E-state index in [-0.39, 0.29) is 42.1 Å². The van der Waals surface area contributed by atoms with Gasteiger partial charge in [-0.25, -0.2) is 23.7 Å². The zero-order valence-electron chi connectivity index (χ0n) is 62.1. The summed E-state index contributed by atoms with van der Waals surface area (Å²) in [6.07, 6.45) is 7.63. The van der Waals surface area contributed by atoms with E-state index in [0.29, 0.717) is 5.52 Å². The first-order chi connectivity index (χ1) is 52.7. The molecular weight excluding hydrogens is 1670 g/mol. The van der Waals surface area contributed by atoms with Crippen molar-refractivity contribution in [1.82, 2.24) is 37.4 Å². The quantitative estimate of drug-likeness (QED) is 0.108. The molecule has 0 spiro atoms. The Labute approximate surface area is 656 Å². The van der Waals surface area contributed by atoms with E-state index in [1.807, 2.05) is 59.4 Å². The van der Waals surface area contributed by atoms with Crippen LogP contribution in [0, 0.1) is 24.3 Å². The molecule has 0 saturated heterocycles. The molecule has 0 aliphatic carbocycles. The molecule has 13 aromatic carbocycles. The Morgan fingerprint density at radius 2 is 0.673 bits per heavy atom. The maximum absolute atomic E-state index is 8.13. The van der Waals surface area contributed by atoms with Gasteiger partial charge >= 0.3 is 0 Å². The number of aromatic nitrogens is 8. The SMILES string of the molecule is CC(C)(c1[c-]c(-n2[cH+]n(-c3ccccc3)c3ccccc32)ccc1)c1[c-]c2c(cc1)c1ccccc1n2-c1cc(-c2ccccc2-c2ccccc2)ccn1.[2H]C([2H])([2H])n1[cH+]n(-c2[c-]c(C(C)(C)c3[c-]c4c(cc3)c3ccccc3n4-c3cc(-c4ccccc4-c4ccccc4)ccn3)ccc2)c2ccccc21.[Pt].[Pt]. The van der Waals surface area contributed by atoms with Crippen LogP contribution < -0.4 is 0 Å². The first-order valence-corrected chi connectivity index (χ1v) is 35.5. The number of rotatable bonds is 13. The van der Waals surface area contributed by atoms with Gasteiger partial charge in [-0.2, -0.15) is 76.4 Å². The fourth-order valence-corrected chi connectivity index (χ4v) is 15.2. The van der Waals surface area contributed by atoms with Crippen molar-refractivity contribution in [3.63, 3.8) is 0 Å². The van der Waals surface area contributed by atoms with Crippen molar-refractivity contribution in [2.45, 2.75) is 38.5 Å². The van der Waals surface area contributed by atoms with Crippen LogP contribution in [0.5, 0.6) is 0 Å². The van der Waals surface area contributed by atoms with E-state index in [0.717, 1.165) is 122 Å². The first-order valence-electron chi connectivity index (χ1n) is 37.0. The van der Waals surface area contributed by atoms with Gasteiger partial charge < -0.3 is 9.13 Å². The van der Waals surface area contributed by atoms with E-state index in [1.165, 1.54) is 37.8 Å². The number of hydrogen-bond acceptors (Lipinski definition) is 2. The predicted molar refractivity (Wildman–Crippen MR) is 432 cm³/mol. The second-order valence-electron chi connectivity index (χ2n) is 27.8. The second kappa shape index (κ2) is 28.9. The van der Waals surface area contributed by atoms with Crippen LogP contribution in [0.25, 0.3) is 139 Å². The Morgan fingerprint density at radius 3 is 1.13 bits per heavy atom. The Bertz CT molecular complexity index is 6630. The normalized spacial score (nSPS) is 12.2. The Kier molecular flexibility index (Phi) is 17.7. The summed E-state index contributed by atoms with van der Waals surface area (Å²) in [5.74, 6) is 1.68. The van der Waals surface area contributed by atoms with Gasteiger partial charge in [0.05, 0.1) is 0 Å². The predicted octanol–water partition coefficient (Wildman–Crippen LogP) is 23.5. The molecule has 0 amide bonds. The summed E-state index contributed by atoms with van der Waals surface area (Å²) >= 11 is 0. The smallest absolute Gasteiger partial charge is 0.188 e. The molecule has 0 fully saturated rings. The largest absolute Gasteiger partial charge is 0.319 e. The van der Waals surface area contributed by atoms with Crippen LogP contribution in [-0.4, -0.2) is 37.4 Å². The van der Waals surface area contributed by atoms with E-state index in [1.54, 1.807) is 6.33 Å². The topological polar surface area (TPSA) is 55.4 Å². The van der Waals surface area contributed by atoms with Crippen LogP contribution in [-0.2, 0) is 59.9 Å². The molecule has 0 radical (unpaired) electrons. The van der Waals surface area contributed by atoms with Gasteiger partial charge in [-0.1, -0.05) is 215 Å². The molecule has 0 saturated carbocycles. The van der Waals surface area contributed by atoms with Crippen LogP contribution in [0.1, 0.15) is 54.1 Å². The van der Waals surface area contributed by atoms with E-state index in [2.05, 4.69) is 356 Å². The fourth-order valence-electron chi connectivity index (χ4n) is 15.2. The summed E-state index contributed by atoms with van der Waals surface area (Å²) in [4.78, 5) is 9.93. The summed E-state index contributed by atoms with van der Waals surface area (Å²) in [5, 5.41) is 4.56. The van der Waals surface area contributed by atoms with Crippen LogP contribution in [0.15, 0.2) is 347 Å². The molecular formula is C97H72N8Pt2-2. The summed E-state index contributed by atoms with van der Waals surface area (Å²) in [7, 11) is 0. The number of fused-ring (bicyclic) bond motifs is 8. The Balaban J connectivity index is 0.000000164. The molecule has 10 heteroatoms. The molecule has 0 bridgehead atoms. The molecule has 0 N–H and O–H groups in total. The number of imidazole rings is 2. The molecule has 522 valence electrons. The molecule has 0 aliphatic rings. The van der Waals surface area contributed by atoms with Gasteiger partial charge in [-0.05, 0) is 127 Å². The number of benzene rings is 13. The molecule has 6 aromatic heterocycles. The van der Waals surface area contributed by atoms with Crippen molar-refractivity contribution < 1.29 is 46.2 Å². The molecule has 0 unspecified atom stereocenters. The molecule has 8 nitrogen and oxygen atoms in total. The number of pyridine rings is 2. The maximum atomic E-state index is 8.13. The maximum Gasteiger partial charge on any atom is 0.188 e. The van der Waals surface area contributed by atoms with Gasteiger partial charge in [0.1, 0.15) is 17.3 Å². The minimum absolute atomic E-state index is 0. The van der Waals surface area contributed by atoms with E-state index >= 15 is 0 Å². The molecule has 107 heavy (non-hydrogen) atoms. The summed E-state index contributed by atoms with van der Waals surface area (Å²) < 4.78 is 36.6. The molecule has 0 aliphatic heterocycles. The van der Waals surface area contributed by atoms with Gasteiger partial charge in [0.15, 0.2) is 34.7 Å². The number of nitrogens with zero attached hydrogens (tertiary/aromatic N) is 8. The van der Waals surface area contributed by atoms with Crippen molar-refractivity contribution in [2.75, 3.05) is 0 Å². The molecule has 19 aromatic rings. The third-order valence-corrected chi connectivity index (χ3v) is 20.8. The van der Waals surface area contributed by atoms with Crippen LogP contribution in [0.3, 0.4) is 0 Å². The van der Waals surface area contributed by atoms with Crippen LogP contribution in [0.2, 0.25) is 0 Å². The van der Waals surface area contributed by atoms with Gasteiger partial charge in [0.25, 0.3) is 0 Å². The number of para-hydroxylation sites is 7. The third-order valence-electron chi connectivity index (χ3n) is 20.8. The minimum atomic E-state index is -2.32. The van der Waals surface area contributed by atoms with Crippen molar-refractivity contribution >= 4 is 65.7 Å². The standard InChI is InChI=1S/C51H37N4.C46H35N4.2Pt/c1-51(2,38-18-15-21-41(33-38)54-35-53(40-19-7-4-8-20-40)47-26-13-14-27-48(47)54)39-28-29-45-44-24-11-12-25-46(44)55(49(45)34-39)50-32-37(30-31-52-50)43-23-10-9-22-42(43)36-16-5-3-6-17-36;1-46(2,34-16-13-17-36(29-34)49-31-48(3)42-22-11-12-23-43(42)49)35-24-25-40-39-20-9-10-21-41(39)50(44(40)30-35)45-28-33(26-27-47-45)38-19-8-7-18-37(38)32-14-5-4-6-15-32;;/h3-32,35H,1-2H3;4-28,31H,1-3H3;;/q2*-1;;/i;3D3;;. The summed E-state index contributed by atoms with van der Waals surface area (Å²) in [6, 6.07) is 127.